The molecule has 2 fully saturated rings. The topological polar surface area (TPSA) is 56.7 Å². The first-order valence-corrected chi connectivity index (χ1v) is 10.0. The van der Waals surface area contributed by atoms with Gasteiger partial charge in [0, 0.05) is 32.4 Å². The monoisotopic (exact) mass is 399 g/mol. The number of hydrogen-bond acceptors (Lipinski definition) is 4. The van der Waals surface area contributed by atoms with Gasteiger partial charge in [0.1, 0.15) is 5.82 Å². The number of aromatic nitrogens is 1. The lowest BCUT2D eigenvalue weighted by Gasteiger charge is -2.41. The van der Waals surface area contributed by atoms with E-state index in [-0.39, 0.29) is 24.2 Å². The molecule has 0 aliphatic carbocycles. The van der Waals surface area contributed by atoms with Crippen LogP contribution in [0.3, 0.4) is 0 Å². The SMILES string of the molecule is CCCC1(O)CCN(C(=O)C2CCCN(c3ncccc3C(F)(F)F)C2)CC1. The van der Waals surface area contributed by atoms with Gasteiger partial charge in [0.25, 0.3) is 0 Å². The minimum Gasteiger partial charge on any atom is -0.390 e. The number of alkyl halides is 3. The van der Waals surface area contributed by atoms with Crippen molar-refractivity contribution in [1.29, 1.82) is 0 Å². The van der Waals surface area contributed by atoms with E-state index in [1.54, 1.807) is 9.80 Å². The Hall–Kier alpha value is -1.83. The number of carbonyl (C=O) groups excluding carboxylic acids is 1. The smallest absolute Gasteiger partial charge is 0.390 e. The predicted molar refractivity (Wildman–Crippen MR) is 99.8 cm³/mol. The number of aliphatic hydroxyl groups is 1. The van der Waals surface area contributed by atoms with Crippen molar-refractivity contribution in [3.05, 3.63) is 23.9 Å². The van der Waals surface area contributed by atoms with E-state index < -0.39 is 17.3 Å². The first-order chi connectivity index (χ1) is 13.2. The number of nitrogens with zero attached hydrogens (tertiary/aromatic N) is 3. The molecule has 2 aliphatic heterocycles. The fourth-order valence-electron chi connectivity index (χ4n) is 4.36. The molecule has 3 heterocycles. The van der Waals surface area contributed by atoms with Crippen LogP contribution in [0.1, 0.15) is 51.0 Å². The van der Waals surface area contributed by atoms with Gasteiger partial charge in [-0.1, -0.05) is 13.3 Å². The van der Waals surface area contributed by atoms with Crippen molar-refractivity contribution in [2.75, 3.05) is 31.1 Å². The molecular formula is C20H28F3N3O2. The molecule has 2 aliphatic rings. The van der Waals surface area contributed by atoms with Crippen molar-refractivity contribution in [3.8, 4) is 0 Å². The van der Waals surface area contributed by atoms with Gasteiger partial charge in [0.15, 0.2) is 0 Å². The Morgan fingerprint density at radius 3 is 2.68 bits per heavy atom. The van der Waals surface area contributed by atoms with Crippen molar-refractivity contribution in [2.24, 2.45) is 5.92 Å². The summed E-state index contributed by atoms with van der Waals surface area (Å²) in [7, 11) is 0. The first kappa shape index (κ1) is 20.9. The average molecular weight is 399 g/mol. The summed E-state index contributed by atoms with van der Waals surface area (Å²) in [5, 5.41) is 10.5. The Kier molecular flexibility index (Phi) is 6.17. The van der Waals surface area contributed by atoms with Gasteiger partial charge in [-0.15, -0.1) is 0 Å². The van der Waals surface area contributed by atoms with Crippen molar-refractivity contribution in [3.63, 3.8) is 0 Å². The van der Waals surface area contributed by atoms with Crippen molar-refractivity contribution in [1.82, 2.24) is 9.88 Å². The molecule has 1 aromatic rings. The number of piperidine rings is 2. The minimum absolute atomic E-state index is 0.0206. The van der Waals surface area contributed by atoms with E-state index >= 15 is 0 Å². The Balaban J connectivity index is 1.67. The lowest BCUT2D eigenvalue weighted by atomic mass is 9.86. The van der Waals surface area contributed by atoms with Crippen molar-refractivity contribution >= 4 is 11.7 Å². The summed E-state index contributed by atoms with van der Waals surface area (Å²) in [6.07, 6.45) is 0.937. The molecule has 156 valence electrons. The summed E-state index contributed by atoms with van der Waals surface area (Å²) in [4.78, 5) is 20.3. The van der Waals surface area contributed by atoms with Crippen LogP contribution in [-0.2, 0) is 11.0 Å². The van der Waals surface area contributed by atoms with Crippen LogP contribution in [0.5, 0.6) is 0 Å². The minimum atomic E-state index is -4.48. The number of likely N-dealkylation sites (tertiary alicyclic amines) is 1. The maximum absolute atomic E-state index is 13.3. The molecule has 28 heavy (non-hydrogen) atoms. The maximum Gasteiger partial charge on any atom is 0.419 e. The van der Waals surface area contributed by atoms with Crippen molar-refractivity contribution in [2.45, 2.75) is 57.2 Å². The lowest BCUT2D eigenvalue weighted by molar-refractivity contribution is -0.140. The van der Waals surface area contributed by atoms with Gasteiger partial charge < -0.3 is 14.9 Å². The van der Waals surface area contributed by atoms with E-state index in [0.717, 1.165) is 18.9 Å². The molecule has 5 nitrogen and oxygen atoms in total. The highest BCUT2D eigenvalue weighted by molar-refractivity contribution is 5.80. The van der Waals surface area contributed by atoms with Crippen LogP contribution in [0.4, 0.5) is 19.0 Å². The molecule has 0 radical (unpaired) electrons. The molecule has 1 amide bonds. The van der Waals surface area contributed by atoms with Crippen molar-refractivity contribution < 1.29 is 23.1 Å². The first-order valence-electron chi connectivity index (χ1n) is 10.0. The van der Waals surface area contributed by atoms with Gasteiger partial charge in [-0.25, -0.2) is 4.98 Å². The van der Waals surface area contributed by atoms with Gasteiger partial charge in [-0.2, -0.15) is 13.2 Å². The van der Waals surface area contributed by atoms with E-state index in [9.17, 15) is 23.1 Å². The third-order valence-electron chi connectivity index (χ3n) is 5.88. The lowest BCUT2D eigenvalue weighted by Crippen LogP contribution is -2.51. The fraction of sp³-hybridized carbons (Fsp3) is 0.700. The summed E-state index contributed by atoms with van der Waals surface area (Å²) in [5.74, 6) is -0.453. The zero-order valence-corrected chi connectivity index (χ0v) is 16.2. The van der Waals surface area contributed by atoms with E-state index in [1.165, 1.54) is 12.3 Å². The second-order valence-electron chi connectivity index (χ2n) is 7.96. The zero-order chi connectivity index (χ0) is 20.4. The number of pyridine rings is 1. The van der Waals surface area contributed by atoms with Crippen LogP contribution < -0.4 is 4.90 Å². The number of carbonyl (C=O) groups is 1. The van der Waals surface area contributed by atoms with Crippen LogP contribution >= 0.6 is 0 Å². The molecule has 0 spiro atoms. The average Bonchev–Trinajstić information content (AvgIpc) is 2.67. The highest BCUT2D eigenvalue weighted by Crippen LogP contribution is 2.37. The largest absolute Gasteiger partial charge is 0.419 e. The van der Waals surface area contributed by atoms with Gasteiger partial charge in [0.05, 0.1) is 17.1 Å². The van der Waals surface area contributed by atoms with Crippen LogP contribution in [0.25, 0.3) is 0 Å². The standard InChI is InChI=1S/C20H28F3N3O2/c1-2-7-19(28)8-12-25(13-9-19)18(27)15-5-4-11-26(14-15)17-16(20(21,22)23)6-3-10-24-17/h3,6,10,15,28H,2,4-5,7-9,11-14H2,1H3. The molecule has 2 saturated heterocycles. The quantitative estimate of drug-likeness (QED) is 0.842. The molecule has 8 heteroatoms. The fourth-order valence-corrected chi connectivity index (χ4v) is 4.36. The molecule has 0 bridgehead atoms. The van der Waals surface area contributed by atoms with Crippen LogP contribution in [0.2, 0.25) is 0 Å². The molecule has 3 rings (SSSR count). The van der Waals surface area contributed by atoms with Crippen LogP contribution in [-0.4, -0.2) is 52.7 Å². The highest BCUT2D eigenvalue weighted by atomic mass is 19.4. The molecule has 1 atom stereocenters. The van der Waals surface area contributed by atoms with Gasteiger partial charge in [-0.05, 0) is 44.2 Å². The number of amides is 1. The Bertz CT molecular complexity index is 688. The molecule has 1 aromatic heterocycles. The third kappa shape index (κ3) is 4.59. The Labute approximate surface area is 163 Å². The van der Waals surface area contributed by atoms with Crippen LogP contribution in [0, 0.1) is 5.92 Å². The summed E-state index contributed by atoms with van der Waals surface area (Å²) >= 11 is 0. The normalized spacial score (nSPS) is 23.0. The van der Waals surface area contributed by atoms with E-state index in [2.05, 4.69) is 4.98 Å². The second kappa shape index (κ2) is 8.27. The summed E-state index contributed by atoms with van der Waals surface area (Å²) < 4.78 is 40.0. The molecule has 1 unspecified atom stereocenters. The molecule has 0 saturated carbocycles. The van der Waals surface area contributed by atoms with Gasteiger partial charge in [0.2, 0.25) is 5.91 Å². The van der Waals surface area contributed by atoms with E-state index in [4.69, 9.17) is 0 Å². The summed E-state index contributed by atoms with van der Waals surface area (Å²) in [6, 6.07) is 2.32. The predicted octanol–water partition coefficient (Wildman–Crippen LogP) is 3.47. The number of hydrogen-bond donors (Lipinski definition) is 1. The van der Waals surface area contributed by atoms with E-state index in [1.807, 2.05) is 6.92 Å². The van der Waals surface area contributed by atoms with E-state index in [0.29, 0.717) is 45.3 Å². The summed E-state index contributed by atoms with van der Waals surface area (Å²) in [5.41, 5.74) is -1.45. The molecule has 1 N–H and O–H groups in total. The Morgan fingerprint density at radius 1 is 1.32 bits per heavy atom. The number of halogens is 3. The number of anilines is 1. The van der Waals surface area contributed by atoms with Crippen LogP contribution in [0.15, 0.2) is 18.3 Å². The molecular weight excluding hydrogens is 371 g/mol. The number of rotatable bonds is 4. The highest BCUT2D eigenvalue weighted by Gasteiger charge is 2.39. The Morgan fingerprint density at radius 2 is 2.04 bits per heavy atom. The molecule has 0 aromatic carbocycles. The zero-order valence-electron chi connectivity index (χ0n) is 16.2. The third-order valence-corrected chi connectivity index (χ3v) is 5.88. The second-order valence-corrected chi connectivity index (χ2v) is 7.96. The van der Waals surface area contributed by atoms with Gasteiger partial charge in [-0.3, -0.25) is 4.79 Å². The van der Waals surface area contributed by atoms with Gasteiger partial charge >= 0.3 is 6.18 Å². The summed E-state index contributed by atoms with van der Waals surface area (Å²) in [6.45, 7) is 3.74. The maximum atomic E-state index is 13.3.